The number of nitrogens with two attached hydrogens (primary N) is 1. The van der Waals surface area contributed by atoms with Gasteiger partial charge in [0.1, 0.15) is 0 Å². The van der Waals surface area contributed by atoms with Gasteiger partial charge in [0.2, 0.25) is 5.91 Å². The van der Waals surface area contributed by atoms with E-state index in [9.17, 15) is 4.79 Å². The van der Waals surface area contributed by atoms with E-state index in [0.29, 0.717) is 6.54 Å². The molecule has 0 aromatic carbocycles. The monoisotopic (exact) mass is 257 g/mol. The molecule has 0 aliphatic heterocycles. The summed E-state index contributed by atoms with van der Waals surface area (Å²) in [6.07, 6.45) is 4.30. The maximum absolute atomic E-state index is 11.5. The number of nitrogens with zero attached hydrogens (tertiary/aromatic N) is 1. The minimum Gasteiger partial charge on any atom is -0.354 e. The summed E-state index contributed by atoms with van der Waals surface area (Å²) in [6, 6.07) is 3.46. The standard InChI is InChI=1S/C12H19N3O.ClH/c1-9(2)11(13)12(16)15-8-5-10-3-6-14-7-4-10;/h3-4,6-7,9,11H,5,8,13H2,1-2H3,(H,15,16);1H/t11-;/m1./s1. The molecule has 0 saturated heterocycles. The van der Waals surface area contributed by atoms with Crippen molar-refractivity contribution in [2.45, 2.75) is 26.3 Å². The lowest BCUT2D eigenvalue weighted by Crippen LogP contribution is -2.44. The van der Waals surface area contributed by atoms with Gasteiger partial charge >= 0.3 is 0 Å². The summed E-state index contributed by atoms with van der Waals surface area (Å²) in [5.41, 5.74) is 6.88. The number of hydrogen-bond acceptors (Lipinski definition) is 3. The predicted octanol–water partition coefficient (Wildman–Crippen LogP) is 1.15. The van der Waals surface area contributed by atoms with E-state index in [1.165, 1.54) is 0 Å². The first-order valence-electron chi connectivity index (χ1n) is 5.53. The van der Waals surface area contributed by atoms with Gasteiger partial charge in [-0.3, -0.25) is 9.78 Å². The SMILES string of the molecule is CC(C)[C@@H](N)C(=O)NCCc1ccncc1.Cl. The lowest BCUT2D eigenvalue weighted by atomic mass is 10.1. The topological polar surface area (TPSA) is 68.0 Å². The molecule has 1 aromatic heterocycles. The van der Waals surface area contributed by atoms with Crippen molar-refractivity contribution in [2.75, 3.05) is 6.54 Å². The molecule has 0 unspecified atom stereocenters. The Bertz CT molecular complexity index is 330. The Kier molecular flexibility index (Phi) is 7.50. The summed E-state index contributed by atoms with van der Waals surface area (Å²) in [6.45, 7) is 4.49. The van der Waals surface area contributed by atoms with Gasteiger partial charge in [0.25, 0.3) is 0 Å². The highest BCUT2D eigenvalue weighted by atomic mass is 35.5. The van der Waals surface area contributed by atoms with Crippen LogP contribution in [-0.2, 0) is 11.2 Å². The second-order valence-electron chi connectivity index (χ2n) is 4.17. The molecule has 4 nitrogen and oxygen atoms in total. The summed E-state index contributed by atoms with van der Waals surface area (Å²) in [5, 5.41) is 2.83. The molecule has 0 spiro atoms. The van der Waals surface area contributed by atoms with Gasteiger partial charge in [-0.1, -0.05) is 13.8 Å². The fourth-order valence-corrected chi connectivity index (χ4v) is 1.30. The third-order valence-electron chi connectivity index (χ3n) is 2.48. The van der Waals surface area contributed by atoms with Crippen LogP contribution in [0.4, 0.5) is 0 Å². The molecule has 3 N–H and O–H groups in total. The molecule has 0 bridgehead atoms. The lowest BCUT2D eigenvalue weighted by Gasteiger charge is -2.15. The van der Waals surface area contributed by atoms with Gasteiger partial charge in [-0.15, -0.1) is 12.4 Å². The molecule has 96 valence electrons. The maximum atomic E-state index is 11.5. The van der Waals surface area contributed by atoms with Crippen molar-refractivity contribution in [3.05, 3.63) is 30.1 Å². The largest absolute Gasteiger partial charge is 0.354 e. The normalized spacial score (nSPS) is 11.8. The maximum Gasteiger partial charge on any atom is 0.237 e. The molecule has 0 fully saturated rings. The Balaban J connectivity index is 0.00000256. The highest BCUT2D eigenvalue weighted by Gasteiger charge is 2.15. The van der Waals surface area contributed by atoms with Gasteiger partial charge in [0.05, 0.1) is 6.04 Å². The van der Waals surface area contributed by atoms with Crippen LogP contribution in [0.15, 0.2) is 24.5 Å². The molecule has 1 heterocycles. The van der Waals surface area contributed by atoms with Gasteiger partial charge in [-0.2, -0.15) is 0 Å². The van der Waals surface area contributed by atoms with E-state index in [1.807, 2.05) is 26.0 Å². The van der Waals surface area contributed by atoms with Crippen molar-refractivity contribution in [2.24, 2.45) is 11.7 Å². The first-order valence-corrected chi connectivity index (χ1v) is 5.53. The molecule has 1 atom stereocenters. The van der Waals surface area contributed by atoms with E-state index in [0.717, 1.165) is 12.0 Å². The molecule has 0 aliphatic carbocycles. The second-order valence-corrected chi connectivity index (χ2v) is 4.17. The zero-order valence-electron chi connectivity index (χ0n) is 10.2. The number of rotatable bonds is 5. The van der Waals surface area contributed by atoms with Crippen molar-refractivity contribution in [1.82, 2.24) is 10.3 Å². The average Bonchev–Trinajstić information content (AvgIpc) is 2.29. The van der Waals surface area contributed by atoms with Gasteiger partial charge in [0, 0.05) is 18.9 Å². The fraction of sp³-hybridized carbons (Fsp3) is 0.500. The van der Waals surface area contributed by atoms with Crippen molar-refractivity contribution in [3.8, 4) is 0 Å². The van der Waals surface area contributed by atoms with Gasteiger partial charge in [-0.05, 0) is 30.0 Å². The minimum absolute atomic E-state index is 0. The van der Waals surface area contributed by atoms with Crippen LogP contribution in [0.5, 0.6) is 0 Å². The van der Waals surface area contributed by atoms with E-state index >= 15 is 0 Å². The number of nitrogens with one attached hydrogen (secondary N) is 1. The molecule has 1 rings (SSSR count). The van der Waals surface area contributed by atoms with Crippen molar-refractivity contribution < 1.29 is 4.79 Å². The first kappa shape index (κ1) is 15.9. The van der Waals surface area contributed by atoms with Gasteiger partial charge in [0.15, 0.2) is 0 Å². The van der Waals surface area contributed by atoms with E-state index in [-0.39, 0.29) is 24.2 Å². The van der Waals surface area contributed by atoms with Crippen LogP contribution in [0.25, 0.3) is 0 Å². The number of carbonyl (C=O) groups is 1. The predicted molar refractivity (Wildman–Crippen MR) is 71.0 cm³/mol. The minimum atomic E-state index is -0.419. The quantitative estimate of drug-likeness (QED) is 0.831. The van der Waals surface area contributed by atoms with Crippen molar-refractivity contribution in [1.29, 1.82) is 0 Å². The molecular weight excluding hydrogens is 238 g/mol. The van der Waals surface area contributed by atoms with Crippen LogP contribution < -0.4 is 11.1 Å². The summed E-state index contributed by atoms with van der Waals surface area (Å²) >= 11 is 0. The Hall–Kier alpha value is -1.13. The summed E-state index contributed by atoms with van der Waals surface area (Å²) in [4.78, 5) is 15.5. The highest BCUT2D eigenvalue weighted by molar-refractivity contribution is 5.85. The molecule has 0 radical (unpaired) electrons. The second kappa shape index (κ2) is 8.03. The zero-order valence-corrected chi connectivity index (χ0v) is 11.0. The van der Waals surface area contributed by atoms with E-state index in [2.05, 4.69) is 10.3 Å². The molecule has 0 aliphatic rings. The Morgan fingerprint density at radius 2 is 2.00 bits per heavy atom. The zero-order chi connectivity index (χ0) is 12.0. The highest BCUT2D eigenvalue weighted by Crippen LogP contribution is 1.99. The van der Waals surface area contributed by atoms with Crippen LogP contribution in [-0.4, -0.2) is 23.5 Å². The Morgan fingerprint density at radius 3 is 2.53 bits per heavy atom. The number of pyridine rings is 1. The lowest BCUT2D eigenvalue weighted by molar-refractivity contribution is -0.123. The van der Waals surface area contributed by atoms with Crippen LogP contribution in [0.2, 0.25) is 0 Å². The molecule has 0 saturated carbocycles. The van der Waals surface area contributed by atoms with Crippen molar-refractivity contribution in [3.63, 3.8) is 0 Å². The summed E-state index contributed by atoms with van der Waals surface area (Å²) in [5.74, 6) is 0.0879. The van der Waals surface area contributed by atoms with Crippen LogP contribution in [0.1, 0.15) is 19.4 Å². The molecule has 17 heavy (non-hydrogen) atoms. The third kappa shape index (κ3) is 5.65. The number of carbonyl (C=O) groups excluding carboxylic acids is 1. The average molecular weight is 258 g/mol. The Morgan fingerprint density at radius 1 is 1.41 bits per heavy atom. The van der Waals surface area contributed by atoms with Crippen LogP contribution in [0.3, 0.4) is 0 Å². The van der Waals surface area contributed by atoms with Crippen LogP contribution in [0, 0.1) is 5.92 Å². The first-order chi connectivity index (χ1) is 7.61. The number of halogens is 1. The van der Waals surface area contributed by atoms with Crippen LogP contribution >= 0.6 is 12.4 Å². The summed E-state index contributed by atoms with van der Waals surface area (Å²) < 4.78 is 0. The van der Waals surface area contributed by atoms with E-state index in [4.69, 9.17) is 5.73 Å². The fourth-order valence-electron chi connectivity index (χ4n) is 1.30. The molecule has 1 aromatic rings. The van der Waals surface area contributed by atoms with Gasteiger partial charge < -0.3 is 11.1 Å². The molecule has 1 amide bonds. The number of aromatic nitrogens is 1. The molecular formula is C12H20ClN3O. The van der Waals surface area contributed by atoms with Crippen molar-refractivity contribution >= 4 is 18.3 Å². The summed E-state index contributed by atoms with van der Waals surface area (Å²) in [7, 11) is 0. The smallest absolute Gasteiger partial charge is 0.237 e. The molecule has 5 heteroatoms. The van der Waals surface area contributed by atoms with E-state index in [1.54, 1.807) is 12.4 Å². The Labute approximate surface area is 108 Å². The third-order valence-corrected chi connectivity index (χ3v) is 2.48. The number of amides is 1. The van der Waals surface area contributed by atoms with E-state index < -0.39 is 6.04 Å². The van der Waals surface area contributed by atoms with Gasteiger partial charge in [-0.25, -0.2) is 0 Å². The number of hydrogen-bond donors (Lipinski definition) is 2.